The highest BCUT2D eigenvalue weighted by Gasteiger charge is 2.02. The van der Waals surface area contributed by atoms with E-state index in [4.69, 9.17) is 0 Å². The Morgan fingerprint density at radius 1 is 0.833 bits per heavy atom. The summed E-state index contributed by atoms with van der Waals surface area (Å²) in [5, 5.41) is 0. The van der Waals surface area contributed by atoms with Crippen molar-refractivity contribution in [3.63, 3.8) is 0 Å². The summed E-state index contributed by atoms with van der Waals surface area (Å²) < 4.78 is 2.01. The molecule has 0 saturated carbocycles. The summed E-state index contributed by atoms with van der Waals surface area (Å²) in [6, 6.07) is 8.20. The minimum absolute atomic E-state index is 0.381. The fraction of sp³-hybridized carbons (Fsp3) is 0. The number of hydrogen-bond acceptors (Lipinski definition) is 3. The van der Waals surface area contributed by atoms with Crippen LogP contribution in [0.1, 0.15) is 0 Å². The number of aromatic nitrogens is 2. The van der Waals surface area contributed by atoms with Gasteiger partial charge in [-0.1, -0.05) is 12.1 Å². The first-order valence-electron chi connectivity index (χ1n) is 5.10. The summed E-state index contributed by atoms with van der Waals surface area (Å²) in [4.78, 5) is 34.2. The monoisotopic (exact) mass is 246 g/mol. The van der Waals surface area contributed by atoms with E-state index in [-0.39, 0.29) is 11.1 Å². The molecular weight excluding hydrogens is 236 g/mol. The fourth-order valence-electron chi connectivity index (χ4n) is 1.28. The van der Waals surface area contributed by atoms with Gasteiger partial charge in [-0.2, -0.15) is 0 Å². The van der Waals surface area contributed by atoms with E-state index < -0.39 is 6.03 Å². The molecule has 0 aromatic carbocycles. The van der Waals surface area contributed by atoms with Crippen molar-refractivity contribution >= 4 is 6.03 Å². The molecular formula is C11H10N4O3. The maximum atomic E-state index is 11.5. The van der Waals surface area contributed by atoms with Gasteiger partial charge in [-0.15, -0.1) is 0 Å². The molecule has 18 heavy (non-hydrogen) atoms. The second-order valence-corrected chi connectivity index (χ2v) is 3.37. The Labute approximate surface area is 101 Å². The van der Waals surface area contributed by atoms with Crippen molar-refractivity contribution < 1.29 is 4.79 Å². The molecule has 2 N–H and O–H groups in total. The van der Waals surface area contributed by atoms with Gasteiger partial charge in [-0.05, 0) is 12.1 Å². The maximum absolute atomic E-state index is 11.5. The highest BCUT2D eigenvalue weighted by atomic mass is 16.2. The van der Waals surface area contributed by atoms with E-state index in [2.05, 4.69) is 10.9 Å². The molecule has 0 bridgehead atoms. The normalized spacial score (nSPS) is 9.78. The number of rotatable bonds is 2. The molecule has 0 spiro atoms. The van der Waals surface area contributed by atoms with Gasteiger partial charge in [0.25, 0.3) is 11.1 Å². The number of pyridine rings is 2. The van der Waals surface area contributed by atoms with Crippen LogP contribution in [-0.4, -0.2) is 15.4 Å². The van der Waals surface area contributed by atoms with Crippen molar-refractivity contribution in [1.82, 2.24) is 9.35 Å². The number of nitrogens with zero attached hydrogens (tertiary/aromatic N) is 2. The van der Waals surface area contributed by atoms with Gasteiger partial charge < -0.3 is 0 Å². The Balaban J connectivity index is 2.11. The van der Waals surface area contributed by atoms with E-state index in [9.17, 15) is 14.4 Å². The number of carbonyl (C=O) groups is 1. The van der Waals surface area contributed by atoms with E-state index >= 15 is 0 Å². The summed E-state index contributed by atoms with van der Waals surface area (Å²) >= 11 is 0. The van der Waals surface area contributed by atoms with Crippen molar-refractivity contribution in [2.24, 2.45) is 0 Å². The first kappa shape index (κ1) is 11.6. The molecule has 0 fully saturated rings. The third-order valence-corrected chi connectivity index (χ3v) is 2.09. The first-order valence-corrected chi connectivity index (χ1v) is 5.10. The van der Waals surface area contributed by atoms with Gasteiger partial charge in [-0.3, -0.25) is 9.59 Å². The Hall–Kier alpha value is -2.83. The van der Waals surface area contributed by atoms with Crippen LogP contribution in [0.3, 0.4) is 0 Å². The number of nitrogens with one attached hydrogen (secondary N) is 2. The SMILES string of the molecule is O=C(Nn1ccccc1=O)Nn1ccccc1=O. The zero-order valence-corrected chi connectivity index (χ0v) is 9.24. The molecule has 0 aliphatic carbocycles. The minimum atomic E-state index is -0.698. The van der Waals surface area contributed by atoms with E-state index in [0.29, 0.717) is 0 Å². The maximum Gasteiger partial charge on any atom is 0.353 e. The summed E-state index contributed by atoms with van der Waals surface area (Å²) in [7, 11) is 0. The van der Waals surface area contributed by atoms with E-state index in [1.165, 1.54) is 24.5 Å². The summed E-state index contributed by atoms with van der Waals surface area (Å²) in [5.74, 6) is 0. The van der Waals surface area contributed by atoms with Gasteiger partial charge in [0, 0.05) is 24.5 Å². The van der Waals surface area contributed by atoms with Crippen LogP contribution in [0.15, 0.2) is 58.4 Å². The lowest BCUT2D eigenvalue weighted by Gasteiger charge is -2.10. The van der Waals surface area contributed by atoms with Crippen LogP contribution in [0.4, 0.5) is 4.79 Å². The zero-order valence-electron chi connectivity index (χ0n) is 9.24. The number of hydrogen-bond donors (Lipinski definition) is 2. The molecule has 2 aromatic rings. The van der Waals surface area contributed by atoms with Gasteiger partial charge in [0.2, 0.25) is 0 Å². The Morgan fingerprint density at radius 3 is 1.67 bits per heavy atom. The highest BCUT2D eigenvalue weighted by molar-refractivity contribution is 5.88. The van der Waals surface area contributed by atoms with Crippen LogP contribution in [-0.2, 0) is 0 Å². The van der Waals surface area contributed by atoms with Crippen LogP contribution >= 0.6 is 0 Å². The second-order valence-electron chi connectivity index (χ2n) is 3.37. The fourth-order valence-corrected chi connectivity index (χ4v) is 1.28. The van der Waals surface area contributed by atoms with E-state index in [1.807, 2.05) is 0 Å². The molecule has 2 rings (SSSR count). The molecule has 2 aromatic heterocycles. The lowest BCUT2D eigenvalue weighted by Crippen LogP contribution is -2.40. The molecule has 0 radical (unpaired) electrons. The van der Waals surface area contributed by atoms with Crippen molar-refractivity contribution in [1.29, 1.82) is 0 Å². The van der Waals surface area contributed by atoms with Gasteiger partial charge in [0.15, 0.2) is 0 Å². The number of amides is 2. The molecule has 0 unspecified atom stereocenters. The molecule has 0 saturated heterocycles. The van der Waals surface area contributed by atoms with Crippen molar-refractivity contribution in [2.75, 3.05) is 10.9 Å². The molecule has 0 aliphatic heterocycles. The Kier molecular flexibility index (Phi) is 3.24. The van der Waals surface area contributed by atoms with E-state index in [1.54, 1.807) is 24.3 Å². The Morgan fingerprint density at radius 2 is 1.28 bits per heavy atom. The van der Waals surface area contributed by atoms with Gasteiger partial charge in [-0.25, -0.2) is 25.0 Å². The highest BCUT2D eigenvalue weighted by Crippen LogP contribution is 1.81. The lowest BCUT2D eigenvalue weighted by molar-refractivity contribution is 0.257. The summed E-state index contributed by atoms with van der Waals surface area (Å²) in [6.45, 7) is 0. The summed E-state index contributed by atoms with van der Waals surface area (Å²) in [5.41, 5.74) is 3.80. The largest absolute Gasteiger partial charge is 0.353 e. The summed E-state index contributed by atoms with van der Waals surface area (Å²) in [6.07, 6.45) is 2.80. The third-order valence-electron chi connectivity index (χ3n) is 2.09. The van der Waals surface area contributed by atoms with Gasteiger partial charge in [0.1, 0.15) is 0 Å². The smallest absolute Gasteiger partial charge is 0.268 e. The quantitative estimate of drug-likeness (QED) is 0.777. The van der Waals surface area contributed by atoms with Crippen LogP contribution in [0.2, 0.25) is 0 Å². The second kappa shape index (κ2) is 5.00. The van der Waals surface area contributed by atoms with Crippen LogP contribution in [0, 0.1) is 0 Å². The topological polar surface area (TPSA) is 85.1 Å². The third kappa shape index (κ3) is 2.64. The van der Waals surface area contributed by atoms with Crippen LogP contribution in [0.25, 0.3) is 0 Å². The standard InChI is InChI=1S/C11H10N4O3/c16-9-5-1-3-7-14(9)12-11(18)13-15-8-4-2-6-10(15)17/h1-8H,(H2,12,13,18). The molecule has 0 aliphatic rings. The number of carbonyl (C=O) groups excluding carboxylic acids is 1. The Bertz CT molecular complexity index is 616. The predicted molar refractivity (Wildman–Crippen MR) is 65.5 cm³/mol. The lowest BCUT2D eigenvalue weighted by atomic mass is 10.5. The van der Waals surface area contributed by atoms with E-state index in [0.717, 1.165) is 9.35 Å². The van der Waals surface area contributed by atoms with Gasteiger partial charge >= 0.3 is 6.03 Å². The predicted octanol–water partition coefficient (Wildman–Crippen LogP) is -0.0828. The van der Waals surface area contributed by atoms with Crippen LogP contribution < -0.4 is 22.0 Å². The molecule has 2 heterocycles. The van der Waals surface area contributed by atoms with Crippen molar-refractivity contribution in [3.05, 3.63) is 69.5 Å². The van der Waals surface area contributed by atoms with Gasteiger partial charge in [0.05, 0.1) is 0 Å². The molecule has 92 valence electrons. The molecule has 7 nitrogen and oxygen atoms in total. The molecule has 2 amide bonds. The molecule has 0 atom stereocenters. The molecule has 7 heteroatoms. The average molecular weight is 246 g/mol. The average Bonchev–Trinajstić information content (AvgIpc) is 2.35. The first-order chi connectivity index (χ1) is 8.66. The van der Waals surface area contributed by atoms with Crippen molar-refractivity contribution in [3.8, 4) is 0 Å². The minimum Gasteiger partial charge on any atom is -0.268 e. The van der Waals surface area contributed by atoms with Crippen LogP contribution in [0.5, 0.6) is 0 Å². The number of urea groups is 1. The van der Waals surface area contributed by atoms with Crippen molar-refractivity contribution in [2.45, 2.75) is 0 Å². The zero-order chi connectivity index (χ0) is 13.0.